The number of hydrogen-bond acceptors (Lipinski definition) is 4. The molecule has 2 fully saturated rings. The molecule has 8 heteroatoms. The quantitative estimate of drug-likeness (QED) is 0.587. The summed E-state index contributed by atoms with van der Waals surface area (Å²) in [7, 11) is 1.77. The molecule has 0 saturated carbocycles. The van der Waals surface area contributed by atoms with Crippen LogP contribution in [0, 0.1) is 0 Å². The van der Waals surface area contributed by atoms with Crippen LogP contribution in [0.1, 0.15) is 45.7 Å². The number of rotatable bonds is 4. The lowest BCUT2D eigenvalue weighted by Crippen LogP contribution is -2.53. The van der Waals surface area contributed by atoms with Gasteiger partial charge < -0.3 is 24.4 Å². The fourth-order valence-corrected chi connectivity index (χ4v) is 4.24. The smallest absolute Gasteiger partial charge is 0.289 e. The SMILES string of the molecule is CN=C(NCc1ccc(C(=O)N2CCCCC2)cc1)N1CCN(C(=O)c2ccco2)CC1. The molecule has 0 bridgehead atoms. The van der Waals surface area contributed by atoms with Gasteiger partial charge in [-0.1, -0.05) is 12.1 Å². The average Bonchev–Trinajstić information content (AvgIpc) is 3.40. The van der Waals surface area contributed by atoms with E-state index >= 15 is 0 Å². The topological polar surface area (TPSA) is 81.4 Å². The van der Waals surface area contributed by atoms with E-state index in [0.29, 0.717) is 38.5 Å². The number of amides is 2. The number of carbonyl (C=O) groups excluding carboxylic acids is 2. The number of piperazine rings is 1. The lowest BCUT2D eigenvalue weighted by Gasteiger charge is -2.36. The number of furan rings is 1. The summed E-state index contributed by atoms with van der Waals surface area (Å²) in [6.07, 6.45) is 4.92. The van der Waals surface area contributed by atoms with Gasteiger partial charge >= 0.3 is 0 Å². The number of aliphatic imine (C=N–C) groups is 1. The minimum Gasteiger partial charge on any atom is -0.459 e. The minimum absolute atomic E-state index is 0.0724. The molecule has 1 aromatic carbocycles. The summed E-state index contributed by atoms with van der Waals surface area (Å²) < 4.78 is 5.22. The first kappa shape index (κ1) is 21.9. The first-order valence-corrected chi connectivity index (χ1v) is 11.3. The van der Waals surface area contributed by atoms with E-state index in [0.717, 1.165) is 43.0 Å². The van der Waals surface area contributed by atoms with Gasteiger partial charge in [-0.2, -0.15) is 0 Å². The van der Waals surface area contributed by atoms with Crippen LogP contribution in [0.2, 0.25) is 0 Å². The first-order valence-electron chi connectivity index (χ1n) is 11.3. The van der Waals surface area contributed by atoms with Crippen LogP contribution in [-0.4, -0.2) is 78.8 Å². The molecular formula is C24H31N5O3. The van der Waals surface area contributed by atoms with Gasteiger partial charge in [-0.15, -0.1) is 0 Å². The number of likely N-dealkylation sites (tertiary alicyclic amines) is 1. The van der Waals surface area contributed by atoms with Gasteiger partial charge in [-0.25, -0.2) is 0 Å². The normalized spacial score (nSPS) is 17.4. The number of hydrogen-bond donors (Lipinski definition) is 1. The van der Waals surface area contributed by atoms with Crippen molar-refractivity contribution in [2.45, 2.75) is 25.8 Å². The Kier molecular flexibility index (Phi) is 7.09. The number of benzene rings is 1. The molecule has 0 radical (unpaired) electrons. The van der Waals surface area contributed by atoms with Crippen molar-refractivity contribution in [2.24, 2.45) is 4.99 Å². The highest BCUT2D eigenvalue weighted by Crippen LogP contribution is 2.14. The van der Waals surface area contributed by atoms with E-state index in [1.54, 1.807) is 24.1 Å². The van der Waals surface area contributed by atoms with Crippen LogP contribution in [0.4, 0.5) is 0 Å². The van der Waals surface area contributed by atoms with Gasteiger partial charge in [-0.05, 0) is 49.1 Å². The molecule has 3 heterocycles. The Morgan fingerprint density at radius 1 is 0.875 bits per heavy atom. The van der Waals surface area contributed by atoms with Gasteiger partial charge in [-0.3, -0.25) is 14.6 Å². The maximum atomic E-state index is 12.6. The third-order valence-corrected chi connectivity index (χ3v) is 6.10. The van der Waals surface area contributed by atoms with Crippen molar-refractivity contribution in [3.05, 3.63) is 59.5 Å². The number of guanidine groups is 1. The largest absolute Gasteiger partial charge is 0.459 e. The summed E-state index contributed by atoms with van der Waals surface area (Å²) in [6.45, 7) is 4.99. The Labute approximate surface area is 188 Å². The third kappa shape index (κ3) is 5.12. The van der Waals surface area contributed by atoms with Gasteiger partial charge in [0.2, 0.25) is 0 Å². The number of carbonyl (C=O) groups is 2. The van der Waals surface area contributed by atoms with E-state index < -0.39 is 0 Å². The van der Waals surface area contributed by atoms with E-state index in [9.17, 15) is 9.59 Å². The Bertz CT molecular complexity index is 925. The Balaban J connectivity index is 1.26. The van der Waals surface area contributed by atoms with Crippen LogP contribution in [0.15, 0.2) is 52.1 Å². The van der Waals surface area contributed by atoms with E-state index in [1.165, 1.54) is 12.7 Å². The van der Waals surface area contributed by atoms with Crippen molar-refractivity contribution < 1.29 is 14.0 Å². The van der Waals surface area contributed by atoms with Gasteiger partial charge in [0.15, 0.2) is 11.7 Å². The van der Waals surface area contributed by atoms with E-state index in [-0.39, 0.29) is 11.8 Å². The van der Waals surface area contributed by atoms with Crippen molar-refractivity contribution in [1.29, 1.82) is 0 Å². The summed E-state index contributed by atoms with van der Waals surface area (Å²) >= 11 is 0. The fourth-order valence-electron chi connectivity index (χ4n) is 4.24. The van der Waals surface area contributed by atoms with E-state index in [1.807, 2.05) is 29.2 Å². The Morgan fingerprint density at radius 2 is 1.53 bits per heavy atom. The second-order valence-electron chi connectivity index (χ2n) is 8.21. The highest BCUT2D eigenvalue weighted by atomic mass is 16.3. The lowest BCUT2D eigenvalue weighted by atomic mass is 10.1. The number of piperidine rings is 1. The van der Waals surface area contributed by atoms with Crippen molar-refractivity contribution in [3.63, 3.8) is 0 Å². The summed E-state index contributed by atoms with van der Waals surface area (Å²) in [5.74, 6) is 1.24. The summed E-state index contributed by atoms with van der Waals surface area (Å²) in [6, 6.07) is 11.2. The van der Waals surface area contributed by atoms with E-state index in [4.69, 9.17) is 4.42 Å². The monoisotopic (exact) mass is 437 g/mol. The van der Waals surface area contributed by atoms with Gasteiger partial charge in [0.1, 0.15) is 0 Å². The number of nitrogens with zero attached hydrogens (tertiary/aromatic N) is 4. The Morgan fingerprint density at radius 3 is 2.16 bits per heavy atom. The van der Waals surface area contributed by atoms with Crippen molar-refractivity contribution in [1.82, 2.24) is 20.0 Å². The molecule has 0 unspecified atom stereocenters. The van der Waals surface area contributed by atoms with Gasteiger partial charge in [0.05, 0.1) is 6.26 Å². The van der Waals surface area contributed by atoms with Crippen LogP contribution in [0.5, 0.6) is 0 Å². The molecule has 0 spiro atoms. The van der Waals surface area contributed by atoms with Gasteiger partial charge in [0, 0.05) is 58.4 Å². The molecule has 8 nitrogen and oxygen atoms in total. The second kappa shape index (κ2) is 10.3. The molecule has 170 valence electrons. The fraction of sp³-hybridized carbons (Fsp3) is 0.458. The molecule has 32 heavy (non-hydrogen) atoms. The molecule has 2 aliphatic heterocycles. The zero-order valence-electron chi connectivity index (χ0n) is 18.6. The highest BCUT2D eigenvalue weighted by Gasteiger charge is 2.25. The molecule has 2 aliphatic rings. The first-order chi connectivity index (χ1) is 15.7. The zero-order valence-corrected chi connectivity index (χ0v) is 18.6. The van der Waals surface area contributed by atoms with Crippen LogP contribution < -0.4 is 5.32 Å². The van der Waals surface area contributed by atoms with Crippen LogP contribution in [0.3, 0.4) is 0 Å². The van der Waals surface area contributed by atoms with Gasteiger partial charge in [0.25, 0.3) is 11.8 Å². The maximum Gasteiger partial charge on any atom is 0.289 e. The van der Waals surface area contributed by atoms with E-state index in [2.05, 4.69) is 15.2 Å². The minimum atomic E-state index is -0.0724. The average molecular weight is 438 g/mol. The van der Waals surface area contributed by atoms with Crippen LogP contribution >= 0.6 is 0 Å². The van der Waals surface area contributed by atoms with Crippen molar-refractivity contribution in [3.8, 4) is 0 Å². The van der Waals surface area contributed by atoms with Crippen molar-refractivity contribution in [2.75, 3.05) is 46.3 Å². The molecule has 2 aromatic rings. The predicted molar refractivity (Wildman–Crippen MR) is 123 cm³/mol. The van der Waals surface area contributed by atoms with Crippen LogP contribution in [-0.2, 0) is 6.54 Å². The summed E-state index contributed by atoms with van der Waals surface area (Å²) in [4.78, 5) is 35.4. The molecule has 0 atom stereocenters. The molecule has 0 aliphatic carbocycles. The maximum absolute atomic E-state index is 12.6. The molecule has 2 amide bonds. The molecule has 2 saturated heterocycles. The third-order valence-electron chi connectivity index (χ3n) is 6.10. The lowest BCUT2D eigenvalue weighted by molar-refractivity contribution is 0.0657. The summed E-state index contributed by atoms with van der Waals surface area (Å²) in [5.41, 5.74) is 1.84. The highest BCUT2D eigenvalue weighted by molar-refractivity contribution is 5.94. The molecule has 1 aromatic heterocycles. The predicted octanol–water partition coefficient (Wildman–Crippen LogP) is 2.44. The Hall–Kier alpha value is -3.29. The van der Waals surface area contributed by atoms with Crippen molar-refractivity contribution >= 4 is 17.8 Å². The molecular weight excluding hydrogens is 406 g/mol. The molecule has 4 rings (SSSR count). The van der Waals surface area contributed by atoms with Crippen LogP contribution in [0.25, 0.3) is 0 Å². The number of nitrogens with one attached hydrogen (secondary N) is 1. The second-order valence-corrected chi connectivity index (χ2v) is 8.21. The standard InChI is InChI=1S/C24H31N5O3/c1-25-24(29-15-13-28(14-16-29)23(31)21-6-5-17-32-21)26-18-19-7-9-20(10-8-19)22(30)27-11-3-2-4-12-27/h5-10,17H,2-4,11-16,18H2,1H3,(H,25,26). The zero-order chi connectivity index (χ0) is 22.3. The summed E-state index contributed by atoms with van der Waals surface area (Å²) in [5, 5.41) is 3.40. The molecule has 1 N–H and O–H groups in total.